The molecule has 9 rings (SSSR count). The van der Waals surface area contributed by atoms with E-state index < -0.39 is 17.5 Å². The first-order chi connectivity index (χ1) is 43.3. The van der Waals surface area contributed by atoms with Crippen molar-refractivity contribution >= 4 is 80.8 Å². The molecule has 0 heterocycles. The number of thiocarbonyl (C=S) groups is 3. The summed E-state index contributed by atoms with van der Waals surface area (Å²) < 4.78 is 42.4. The number of rotatable bonds is 8. The maximum atomic E-state index is 14.2. The third-order valence-electron chi connectivity index (χ3n) is 13.3. The van der Waals surface area contributed by atoms with E-state index in [1.807, 2.05) is 67.6 Å². The van der Waals surface area contributed by atoms with Crippen LogP contribution in [-0.2, 0) is 25.7 Å². The van der Waals surface area contributed by atoms with Crippen LogP contribution in [0.4, 0.5) is 30.2 Å². The molecule has 10 heteroatoms. The predicted molar refractivity (Wildman–Crippen MR) is 370 cm³/mol. The van der Waals surface area contributed by atoms with Gasteiger partial charge in [-0.25, -0.2) is 13.2 Å². The van der Waals surface area contributed by atoms with Crippen LogP contribution in [0, 0.1) is 95.4 Å². The van der Waals surface area contributed by atoms with Gasteiger partial charge in [0, 0.05) is 61.2 Å². The predicted octanol–water partition coefficient (Wildman–Crippen LogP) is 19.7. The summed E-state index contributed by atoms with van der Waals surface area (Å²) in [5.41, 5.74) is 16.2. The Kier molecular flexibility index (Phi) is 26.0. The van der Waals surface area contributed by atoms with Gasteiger partial charge in [-0.15, -0.1) is 0 Å². The average Bonchev–Trinajstić information content (AvgIpc) is 3.74. The van der Waals surface area contributed by atoms with Crippen molar-refractivity contribution in [3.05, 3.63) is 299 Å². The van der Waals surface area contributed by atoms with Crippen LogP contribution >= 0.6 is 48.3 Å². The summed E-state index contributed by atoms with van der Waals surface area (Å²) in [7, 11) is 0. The monoisotopic (exact) mass is 1230 g/mol. The second-order valence-electron chi connectivity index (χ2n) is 19.6. The Hall–Kier alpha value is -10.2. The van der Waals surface area contributed by atoms with Crippen LogP contribution in [0.15, 0.2) is 197 Å². The molecule has 0 aliphatic heterocycles. The maximum Gasteiger partial charge on any atom is 0.150 e. The maximum absolute atomic E-state index is 14.2. The zero-order chi connectivity index (χ0) is 63.3. The number of nitrogens with zero attached hydrogens (tertiary/aromatic N) is 3. The Morgan fingerprint density at radius 1 is 0.360 bits per heavy atom. The van der Waals surface area contributed by atoms with Crippen LogP contribution in [-0.4, -0.2) is 15.5 Å². The molecule has 0 aliphatic rings. The van der Waals surface area contributed by atoms with E-state index in [0.717, 1.165) is 87.0 Å². The topological polar surface area (TPSA) is 37.1 Å². The summed E-state index contributed by atoms with van der Waals surface area (Å²) in [6.45, 7) is 10.4. The highest BCUT2D eigenvalue weighted by atomic mass is 35.5. The lowest BCUT2D eigenvalue weighted by molar-refractivity contribution is 0.573. The van der Waals surface area contributed by atoms with Gasteiger partial charge in [0.15, 0.2) is 5.82 Å². The normalized spacial score (nSPS) is 9.54. The second kappa shape index (κ2) is 34.8. The van der Waals surface area contributed by atoms with Gasteiger partial charge in [0.25, 0.3) is 0 Å². The third-order valence-corrected chi connectivity index (χ3v) is 13.9. The summed E-state index contributed by atoms with van der Waals surface area (Å²) >= 11 is 20.0. The Bertz CT molecular complexity index is 4580. The second-order valence-corrected chi connectivity index (χ2v) is 20.6. The van der Waals surface area contributed by atoms with E-state index in [1.54, 1.807) is 42.5 Å². The highest BCUT2D eigenvalue weighted by Crippen LogP contribution is 2.22. The number of hydrogen-bond donors (Lipinski definition) is 0. The van der Waals surface area contributed by atoms with Gasteiger partial charge >= 0.3 is 0 Å². The molecular weight excluding hydrogens is 1180 g/mol. The third kappa shape index (κ3) is 21.0. The van der Waals surface area contributed by atoms with Crippen LogP contribution in [0.5, 0.6) is 0 Å². The fourth-order valence-corrected chi connectivity index (χ4v) is 8.93. The van der Waals surface area contributed by atoms with Crippen LogP contribution < -0.4 is 0 Å². The fraction of sp³-hybridized carbons (Fsp3) is 0.127. The molecule has 0 saturated heterocycles. The Balaban J connectivity index is 0.000000190. The van der Waals surface area contributed by atoms with E-state index in [-0.39, 0.29) is 11.3 Å². The van der Waals surface area contributed by atoms with Gasteiger partial charge in [-0.05, 0) is 255 Å². The number of aryl methyl sites for hydroxylation is 5. The quantitative estimate of drug-likeness (QED) is 0.0864. The Labute approximate surface area is 542 Å². The largest absolute Gasteiger partial charge is 0.206 e. The van der Waals surface area contributed by atoms with Crippen molar-refractivity contribution in [3.8, 4) is 71.0 Å². The van der Waals surface area contributed by atoms with Gasteiger partial charge < -0.3 is 0 Å². The lowest BCUT2D eigenvalue weighted by atomic mass is 10.0. The number of benzene rings is 9. The summed E-state index contributed by atoms with van der Waals surface area (Å²) in [5.74, 6) is 35.1. The van der Waals surface area contributed by atoms with Gasteiger partial charge in [0.2, 0.25) is 0 Å². The highest BCUT2D eigenvalue weighted by molar-refractivity contribution is 7.78. The number of isothiocyanates is 3. The molecule has 432 valence electrons. The molecule has 0 radical (unpaired) electrons. The zero-order valence-electron chi connectivity index (χ0n) is 49.4. The van der Waals surface area contributed by atoms with E-state index in [2.05, 4.69) is 227 Å². The molecule has 0 saturated carbocycles. The van der Waals surface area contributed by atoms with Gasteiger partial charge in [-0.1, -0.05) is 141 Å². The van der Waals surface area contributed by atoms with E-state index >= 15 is 0 Å². The number of hydrogen-bond acceptors (Lipinski definition) is 6. The molecule has 0 spiro atoms. The smallest absolute Gasteiger partial charge is 0.150 e. The van der Waals surface area contributed by atoms with E-state index in [0.29, 0.717) is 39.4 Å². The molecule has 9 aromatic carbocycles. The molecule has 9 aromatic rings. The van der Waals surface area contributed by atoms with Crippen LogP contribution in [0.1, 0.15) is 129 Å². The van der Waals surface area contributed by atoms with Gasteiger partial charge in [-0.2, -0.15) is 15.0 Å². The standard InChI is InChI=1S/C27H20FNS.C26H16ClF2NS.C26H19NS/c1-3-20-5-7-21(8-6-20)9-10-22-11-14-25(24(4-2)17-22)15-12-23-13-16-27(29-19-30)26(28)18-23;1-2-3-20-15-25(28)23(26(29)16-20)13-8-19-5-10-21(24(27)14-19)9-4-18-6-11-22(12-7-18)30-17-31;1-3-21-4-6-22(7-5-21)8-9-24-11-15-25(20(2)18-24)14-10-23-12-16-26(17-13-23)27-19-28/h5-8,11,13-14,16-18H,3-4H2,1-2H3;5-7,10-12,14-16H,2-3H2,1H3;4-7,11-13,15-18H,3H2,1-2H3. The molecule has 0 aromatic heterocycles. The first-order valence-electron chi connectivity index (χ1n) is 28.3. The first kappa shape index (κ1) is 66.3. The molecule has 0 atom stereocenters. The highest BCUT2D eigenvalue weighted by Gasteiger charge is 2.10. The zero-order valence-corrected chi connectivity index (χ0v) is 52.6. The van der Waals surface area contributed by atoms with Crippen molar-refractivity contribution in [1.29, 1.82) is 0 Å². The summed E-state index contributed by atoms with van der Waals surface area (Å²) in [5, 5.41) is 7.24. The summed E-state index contributed by atoms with van der Waals surface area (Å²) in [6, 6.07) is 56.0. The van der Waals surface area contributed by atoms with E-state index in [9.17, 15) is 13.2 Å². The van der Waals surface area contributed by atoms with Crippen molar-refractivity contribution in [2.75, 3.05) is 0 Å². The molecule has 89 heavy (non-hydrogen) atoms. The van der Waals surface area contributed by atoms with Gasteiger partial charge in [0.05, 0.1) is 37.4 Å². The van der Waals surface area contributed by atoms with E-state index in [1.165, 1.54) is 29.3 Å². The van der Waals surface area contributed by atoms with Crippen LogP contribution in [0.25, 0.3) is 0 Å². The average molecular weight is 1230 g/mol. The molecule has 0 unspecified atom stereocenters. The van der Waals surface area contributed by atoms with Gasteiger partial charge in [-0.3, -0.25) is 0 Å². The molecule has 0 fully saturated rings. The summed E-state index contributed by atoms with van der Waals surface area (Å²) in [4.78, 5) is 11.5. The summed E-state index contributed by atoms with van der Waals surface area (Å²) in [6.07, 6.45) is 4.33. The molecule has 0 amide bonds. The molecule has 3 nitrogen and oxygen atoms in total. The Morgan fingerprint density at radius 2 is 0.753 bits per heavy atom. The molecule has 0 aliphatic carbocycles. The van der Waals surface area contributed by atoms with Crippen molar-refractivity contribution in [2.45, 2.75) is 66.7 Å². The minimum absolute atomic E-state index is 0.164. The molecule has 0 bridgehead atoms. The number of halogens is 4. The van der Waals surface area contributed by atoms with Crippen molar-refractivity contribution in [1.82, 2.24) is 0 Å². The van der Waals surface area contributed by atoms with Gasteiger partial charge in [0.1, 0.15) is 17.3 Å². The SMILES string of the molecule is CCCc1cc(F)c(C#Cc2ccc(C#Cc3ccc(N=C=S)cc3)c(Cl)c2)c(F)c1.CCc1ccc(C#Cc2ccc(C#Cc3ccc(N=C=S)c(F)c3)c(CC)c2)cc1.CCc1ccc(C#Cc2ccc(C#Cc3ccc(N=C=S)cc3)c(C)c2)cc1. The molecular formula is C79H55ClF3N3S3. The Morgan fingerprint density at radius 3 is 1.22 bits per heavy atom. The number of aliphatic imine (C=N–C) groups is 3. The van der Waals surface area contributed by atoms with E-state index in [4.69, 9.17) is 11.6 Å². The fourth-order valence-electron chi connectivity index (χ4n) is 8.40. The van der Waals surface area contributed by atoms with Crippen LogP contribution in [0.3, 0.4) is 0 Å². The molecule has 0 N–H and O–H groups in total. The van der Waals surface area contributed by atoms with Crippen LogP contribution in [0.2, 0.25) is 5.02 Å². The lowest BCUT2D eigenvalue weighted by Gasteiger charge is -2.02. The minimum Gasteiger partial charge on any atom is -0.206 e. The lowest BCUT2D eigenvalue weighted by Crippen LogP contribution is -1.94. The van der Waals surface area contributed by atoms with Crippen molar-refractivity contribution < 1.29 is 13.2 Å². The first-order valence-corrected chi connectivity index (χ1v) is 29.9. The van der Waals surface area contributed by atoms with Crippen molar-refractivity contribution in [3.63, 3.8) is 0 Å². The van der Waals surface area contributed by atoms with Crippen molar-refractivity contribution in [2.24, 2.45) is 15.0 Å². The minimum atomic E-state index is -0.660.